The number of rotatable bonds is 6. The van der Waals surface area contributed by atoms with Crippen molar-refractivity contribution in [3.05, 3.63) is 17.1 Å². The van der Waals surface area contributed by atoms with Gasteiger partial charge in [-0.05, 0) is 26.7 Å². The molecule has 3 heterocycles. The highest BCUT2D eigenvalue weighted by Crippen LogP contribution is 2.31. The summed E-state index contributed by atoms with van der Waals surface area (Å²) in [5.74, 6) is -0.993. The number of hydrogen-bond acceptors (Lipinski definition) is 9. The van der Waals surface area contributed by atoms with E-state index in [1.165, 1.54) is 0 Å². The minimum atomic E-state index is -0.564. The van der Waals surface area contributed by atoms with Gasteiger partial charge in [0, 0.05) is 19.0 Å². The Morgan fingerprint density at radius 2 is 1.97 bits per heavy atom. The first-order chi connectivity index (χ1) is 14.9. The van der Waals surface area contributed by atoms with E-state index in [0.717, 1.165) is 25.7 Å². The molecule has 10 nitrogen and oxygen atoms in total. The van der Waals surface area contributed by atoms with Crippen molar-refractivity contribution in [2.24, 2.45) is 5.92 Å². The molecule has 2 aromatic rings. The van der Waals surface area contributed by atoms with Gasteiger partial charge >= 0.3 is 11.9 Å². The molecule has 2 aliphatic rings. The number of aromatic nitrogens is 2. The van der Waals surface area contributed by atoms with Crippen molar-refractivity contribution in [1.82, 2.24) is 14.9 Å². The normalized spacial score (nSPS) is 19.4. The highest BCUT2D eigenvalue weighted by Gasteiger charge is 2.39. The van der Waals surface area contributed by atoms with Gasteiger partial charge in [0.2, 0.25) is 11.6 Å². The van der Waals surface area contributed by atoms with Crippen LogP contribution in [-0.2, 0) is 25.7 Å². The Morgan fingerprint density at radius 3 is 2.68 bits per heavy atom. The summed E-state index contributed by atoms with van der Waals surface area (Å²) in [6.45, 7) is 3.71. The average molecular weight is 430 g/mol. The Hall–Kier alpha value is -3.17. The first-order valence-corrected chi connectivity index (χ1v) is 10.6. The van der Waals surface area contributed by atoms with Crippen molar-refractivity contribution in [3.63, 3.8) is 0 Å². The Balaban J connectivity index is 1.44. The Morgan fingerprint density at radius 1 is 1.23 bits per heavy atom. The third-order valence-electron chi connectivity index (χ3n) is 5.88. The van der Waals surface area contributed by atoms with E-state index < -0.39 is 17.9 Å². The molecule has 1 saturated heterocycles. The summed E-state index contributed by atoms with van der Waals surface area (Å²) < 4.78 is 16.0. The summed E-state index contributed by atoms with van der Waals surface area (Å²) in [5, 5.41) is 0.277. The summed E-state index contributed by atoms with van der Waals surface area (Å²) in [7, 11) is 0. The molecule has 0 aromatic carbocycles. The highest BCUT2D eigenvalue weighted by atomic mass is 16.5. The standard InChI is InChI=1S/C21H26N4O6/c1-3-29-21(28)16-11(2)31-19-17(16)18(22)23-14(24-19)10-30-20(27)12-8-15(26)25(9-12)13-6-4-5-7-13/h12-13H,3-10H2,1-2H3,(H2,22,23,24)/t12-/m1/s1. The summed E-state index contributed by atoms with van der Waals surface area (Å²) >= 11 is 0. The molecule has 0 radical (unpaired) electrons. The lowest BCUT2D eigenvalue weighted by Gasteiger charge is -2.23. The van der Waals surface area contributed by atoms with Gasteiger partial charge in [-0.1, -0.05) is 12.8 Å². The molecule has 2 aromatic heterocycles. The maximum atomic E-state index is 12.5. The van der Waals surface area contributed by atoms with Crippen LogP contribution >= 0.6 is 0 Å². The lowest BCUT2D eigenvalue weighted by Crippen LogP contribution is -2.35. The number of esters is 2. The lowest BCUT2D eigenvalue weighted by atomic mass is 10.1. The molecule has 1 amide bonds. The molecule has 2 N–H and O–H groups in total. The summed E-state index contributed by atoms with van der Waals surface area (Å²) in [6, 6.07) is 0.242. The number of amides is 1. The van der Waals surface area contributed by atoms with Crippen molar-refractivity contribution >= 4 is 34.8 Å². The minimum absolute atomic E-state index is 0.00770. The number of nitrogens with zero attached hydrogens (tertiary/aromatic N) is 3. The summed E-state index contributed by atoms with van der Waals surface area (Å²) in [4.78, 5) is 47.2. The van der Waals surface area contributed by atoms with Crippen molar-refractivity contribution in [2.75, 3.05) is 18.9 Å². The van der Waals surface area contributed by atoms with Crippen LogP contribution in [0.25, 0.3) is 11.1 Å². The number of anilines is 1. The van der Waals surface area contributed by atoms with Crippen LogP contribution in [0.4, 0.5) is 5.82 Å². The molecular formula is C21H26N4O6. The molecule has 2 fully saturated rings. The predicted octanol–water partition coefficient (Wildman–Crippen LogP) is 2.12. The van der Waals surface area contributed by atoms with Crippen LogP contribution in [0.15, 0.2) is 4.42 Å². The molecule has 1 atom stereocenters. The van der Waals surface area contributed by atoms with Crippen LogP contribution in [0.5, 0.6) is 0 Å². The number of furan rings is 1. The van der Waals surface area contributed by atoms with Crippen LogP contribution in [0.2, 0.25) is 0 Å². The zero-order chi connectivity index (χ0) is 22.1. The van der Waals surface area contributed by atoms with E-state index in [0.29, 0.717) is 12.3 Å². The number of carbonyl (C=O) groups is 3. The SMILES string of the molecule is CCOC(=O)c1c(C)oc2nc(COC(=O)[C@@H]3CC(=O)N(C4CCCC4)C3)nc(N)c12. The first kappa shape index (κ1) is 21.1. The number of hydrogen-bond donors (Lipinski definition) is 1. The third-order valence-corrected chi connectivity index (χ3v) is 5.88. The largest absolute Gasteiger partial charge is 0.462 e. The van der Waals surface area contributed by atoms with Crippen LogP contribution in [0.1, 0.15) is 61.0 Å². The molecule has 0 bridgehead atoms. The quantitative estimate of drug-likeness (QED) is 0.683. The van der Waals surface area contributed by atoms with Gasteiger partial charge in [-0.3, -0.25) is 9.59 Å². The fourth-order valence-electron chi connectivity index (χ4n) is 4.41. The average Bonchev–Trinajstić information content (AvgIpc) is 3.44. The highest BCUT2D eigenvalue weighted by molar-refractivity contribution is 6.07. The van der Waals surface area contributed by atoms with Crippen molar-refractivity contribution in [1.29, 1.82) is 0 Å². The van der Waals surface area contributed by atoms with Crippen LogP contribution < -0.4 is 5.73 Å². The van der Waals surface area contributed by atoms with Crippen LogP contribution in [0.3, 0.4) is 0 Å². The number of aryl methyl sites for hydroxylation is 1. The van der Waals surface area contributed by atoms with Crippen molar-refractivity contribution < 1.29 is 28.3 Å². The fraction of sp³-hybridized carbons (Fsp3) is 0.571. The Bertz CT molecular complexity index is 1030. The molecule has 1 saturated carbocycles. The molecule has 1 aliphatic carbocycles. The summed E-state index contributed by atoms with van der Waals surface area (Å²) in [5.41, 5.74) is 6.35. The van der Waals surface area contributed by atoms with Gasteiger partial charge in [-0.15, -0.1) is 0 Å². The van der Waals surface area contributed by atoms with Crippen molar-refractivity contribution in [3.8, 4) is 0 Å². The number of likely N-dealkylation sites (tertiary alicyclic amines) is 1. The van der Waals surface area contributed by atoms with Crippen LogP contribution in [0, 0.1) is 12.8 Å². The maximum absolute atomic E-state index is 12.5. The zero-order valence-electron chi connectivity index (χ0n) is 17.7. The lowest BCUT2D eigenvalue weighted by molar-refractivity contribution is -0.150. The second-order valence-electron chi connectivity index (χ2n) is 7.95. The molecular weight excluding hydrogens is 404 g/mol. The van der Waals surface area contributed by atoms with Gasteiger partial charge in [-0.25, -0.2) is 9.78 Å². The molecule has 10 heteroatoms. The number of nitrogens with two attached hydrogens (primary N) is 1. The number of ether oxygens (including phenoxy) is 2. The van der Waals surface area contributed by atoms with Gasteiger partial charge < -0.3 is 24.5 Å². The van der Waals surface area contributed by atoms with E-state index in [4.69, 9.17) is 19.6 Å². The van der Waals surface area contributed by atoms with E-state index in [2.05, 4.69) is 9.97 Å². The predicted molar refractivity (Wildman–Crippen MR) is 109 cm³/mol. The molecule has 0 spiro atoms. The Labute approximate surface area is 179 Å². The number of nitrogen functional groups attached to an aromatic ring is 1. The topological polar surface area (TPSA) is 138 Å². The Kier molecular flexibility index (Phi) is 5.79. The van der Waals surface area contributed by atoms with Gasteiger partial charge in [0.25, 0.3) is 0 Å². The van der Waals surface area contributed by atoms with Gasteiger partial charge in [0.1, 0.15) is 17.1 Å². The van der Waals surface area contributed by atoms with Gasteiger partial charge in [0.05, 0.1) is 17.9 Å². The van der Waals surface area contributed by atoms with E-state index in [1.807, 2.05) is 4.90 Å². The van der Waals surface area contributed by atoms with Crippen molar-refractivity contribution in [2.45, 2.75) is 58.6 Å². The summed E-state index contributed by atoms with van der Waals surface area (Å²) in [6.07, 6.45) is 4.40. The third kappa shape index (κ3) is 4.06. The molecule has 4 rings (SSSR count). The minimum Gasteiger partial charge on any atom is -0.462 e. The molecule has 0 unspecified atom stereocenters. The van der Waals surface area contributed by atoms with Gasteiger partial charge in [-0.2, -0.15) is 4.98 Å². The molecule has 1 aliphatic heterocycles. The van der Waals surface area contributed by atoms with E-state index >= 15 is 0 Å². The van der Waals surface area contributed by atoms with Gasteiger partial charge in [0.15, 0.2) is 12.4 Å². The second-order valence-corrected chi connectivity index (χ2v) is 7.95. The monoisotopic (exact) mass is 430 g/mol. The van der Waals surface area contributed by atoms with E-state index in [1.54, 1.807) is 13.8 Å². The first-order valence-electron chi connectivity index (χ1n) is 10.6. The molecule has 166 valence electrons. The fourth-order valence-corrected chi connectivity index (χ4v) is 4.41. The van der Waals surface area contributed by atoms with E-state index in [-0.39, 0.29) is 59.9 Å². The van der Waals surface area contributed by atoms with E-state index in [9.17, 15) is 14.4 Å². The maximum Gasteiger partial charge on any atom is 0.342 e. The number of carbonyl (C=O) groups excluding carboxylic acids is 3. The number of fused-ring (bicyclic) bond motifs is 1. The van der Waals surface area contributed by atoms with Crippen LogP contribution in [-0.4, -0.2) is 51.9 Å². The smallest absolute Gasteiger partial charge is 0.342 e. The second kappa shape index (κ2) is 8.52. The zero-order valence-corrected chi connectivity index (χ0v) is 17.7. The molecule has 31 heavy (non-hydrogen) atoms.